The predicted octanol–water partition coefficient (Wildman–Crippen LogP) is 2.69. The lowest BCUT2D eigenvalue weighted by Crippen LogP contribution is -1.94. The van der Waals surface area contributed by atoms with Gasteiger partial charge in [-0.25, -0.2) is 4.98 Å². The maximum Gasteiger partial charge on any atom is 0.229 e. The lowest BCUT2D eigenvalue weighted by molar-refractivity contribution is -0.336. The highest BCUT2D eigenvalue weighted by atomic mass is 32.1. The highest BCUT2D eigenvalue weighted by Gasteiger charge is 2.06. The first-order valence-corrected chi connectivity index (χ1v) is 5.10. The van der Waals surface area contributed by atoms with E-state index in [0.29, 0.717) is 0 Å². The Bertz CT molecular complexity index is 573. The molecule has 3 heteroatoms. The first kappa shape index (κ1) is 9.12. The summed E-state index contributed by atoms with van der Waals surface area (Å²) in [7, 11) is 0. The van der Waals surface area contributed by atoms with Crippen molar-refractivity contribution in [2.45, 2.75) is 0 Å². The van der Waals surface area contributed by atoms with Gasteiger partial charge in [0, 0.05) is 0 Å². The fourth-order valence-corrected chi connectivity index (χ4v) is 2.39. The Morgan fingerprint density at radius 3 is 2.79 bits per heavy atom. The molecule has 0 fully saturated rings. The average molecular weight is 203 g/mol. The molecule has 0 aliphatic rings. The predicted molar refractivity (Wildman–Crippen MR) is 57.8 cm³/mol. The van der Waals surface area contributed by atoms with Gasteiger partial charge in [-0.15, -0.1) is 0 Å². The molecule has 0 spiro atoms. The van der Waals surface area contributed by atoms with Crippen molar-refractivity contribution in [1.82, 2.24) is 0 Å². The first-order chi connectivity index (χ1) is 6.45. The summed E-state index contributed by atoms with van der Waals surface area (Å²) < 4.78 is 1.32. The highest BCUT2D eigenvalue weighted by Crippen LogP contribution is 2.23. The third kappa shape index (κ3) is 1.18. The molecule has 14 heavy (non-hydrogen) atoms. The largest absolute Gasteiger partial charge is 0.870 e. The average Bonchev–Trinajstić information content (AvgIpc) is 2.65. The van der Waals surface area contributed by atoms with Crippen LogP contribution in [0.5, 0.6) is 0 Å². The van der Waals surface area contributed by atoms with Crippen LogP contribution in [0, 0.1) is 0 Å². The normalized spacial score (nSPS) is 10.3. The number of hydrogen-bond donors (Lipinski definition) is 0. The zero-order chi connectivity index (χ0) is 8.67. The van der Waals surface area contributed by atoms with E-state index < -0.39 is 0 Å². The molecule has 0 amide bonds. The summed E-state index contributed by atoms with van der Waals surface area (Å²) >= 11 is 1.75. The molecule has 70 valence electrons. The molecule has 1 aromatic heterocycles. The van der Waals surface area contributed by atoms with Gasteiger partial charge in [0.15, 0.2) is 0 Å². The van der Waals surface area contributed by atoms with Crippen molar-refractivity contribution < 1.29 is 10.5 Å². The quantitative estimate of drug-likeness (QED) is 0.554. The van der Waals surface area contributed by atoms with Gasteiger partial charge < -0.3 is 5.48 Å². The Morgan fingerprint density at radius 1 is 1.00 bits per heavy atom. The van der Waals surface area contributed by atoms with Crippen molar-refractivity contribution in [3.63, 3.8) is 0 Å². The van der Waals surface area contributed by atoms with Gasteiger partial charge in [0.1, 0.15) is 4.70 Å². The Labute approximate surface area is 85.1 Å². The van der Waals surface area contributed by atoms with Crippen LogP contribution in [-0.4, -0.2) is 5.48 Å². The van der Waals surface area contributed by atoms with E-state index in [4.69, 9.17) is 0 Å². The molecule has 0 unspecified atom stereocenters. The molecule has 0 saturated heterocycles. The Balaban J connectivity index is 0.000000750. The van der Waals surface area contributed by atoms with Gasteiger partial charge in [0.25, 0.3) is 0 Å². The Hall–Kier alpha value is -1.45. The number of nitrogens with one attached hydrogen (secondary N) is 1. The number of fused-ring (bicyclic) bond motifs is 3. The van der Waals surface area contributed by atoms with Crippen LogP contribution in [0.4, 0.5) is 0 Å². The van der Waals surface area contributed by atoms with Crippen LogP contribution in [0.3, 0.4) is 0 Å². The molecule has 2 N–H and O–H groups in total. The van der Waals surface area contributed by atoms with Gasteiger partial charge in [-0.3, -0.25) is 0 Å². The first-order valence-electron chi connectivity index (χ1n) is 4.22. The Kier molecular flexibility index (Phi) is 2.19. The van der Waals surface area contributed by atoms with Crippen molar-refractivity contribution in [2.24, 2.45) is 0 Å². The fourth-order valence-electron chi connectivity index (χ4n) is 1.65. The maximum absolute atomic E-state index is 3.28. The van der Waals surface area contributed by atoms with E-state index in [9.17, 15) is 0 Å². The number of aromatic nitrogens is 1. The number of rotatable bonds is 0. The van der Waals surface area contributed by atoms with Gasteiger partial charge in [0.05, 0.1) is 5.39 Å². The van der Waals surface area contributed by atoms with E-state index in [1.807, 2.05) is 5.51 Å². The summed E-state index contributed by atoms with van der Waals surface area (Å²) in [6.07, 6.45) is 0. The minimum absolute atomic E-state index is 0. The summed E-state index contributed by atoms with van der Waals surface area (Å²) in [6, 6.07) is 12.8. The Morgan fingerprint density at radius 2 is 1.86 bits per heavy atom. The standard InChI is InChI=1S/C11H7NS.H2O/c1-2-4-9-8(3-1)5-6-10-11(9)12-7-13-10;/h1-7H;1H2. The number of hydrogen-bond acceptors (Lipinski definition) is 2. The summed E-state index contributed by atoms with van der Waals surface area (Å²) in [5.74, 6) is 0. The molecule has 1 heterocycles. The molecule has 0 aliphatic carbocycles. The van der Waals surface area contributed by atoms with Crippen molar-refractivity contribution >= 4 is 32.3 Å². The van der Waals surface area contributed by atoms with Gasteiger partial charge >= 0.3 is 0 Å². The number of thiazole rings is 1. The molecule has 2 nitrogen and oxygen atoms in total. The number of aromatic amines is 1. The SMILES string of the molecule is [OH-].c1ccc2c(c1)ccc1sc[nH+]c12. The molecular weight excluding hydrogens is 194 g/mol. The minimum Gasteiger partial charge on any atom is -0.870 e. The summed E-state index contributed by atoms with van der Waals surface area (Å²) in [5, 5.41) is 2.60. The topological polar surface area (TPSA) is 44.1 Å². The lowest BCUT2D eigenvalue weighted by Gasteiger charge is -1.93. The zero-order valence-corrected chi connectivity index (χ0v) is 8.21. The molecular formula is C11H9NOS. The van der Waals surface area contributed by atoms with Crippen LogP contribution in [0.2, 0.25) is 0 Å². The molecule has 0 saturated carbocycles. The van der Waals surface area contributed by atoms with Crippen molar-refractivity contribution in [1.29, 1.82) is 0 Å². The summed E-state index contributed by atoms with van der Waals surface area (Å²) in [6.45, 7) is 0. The van der Waals surface area contributed by atoms with E-state index in [2.05, 4.69) is 41.4 Å². The second-order valence-electron chi connectivity index (χ2n) is 3.04. The second kappa shape index (κ2) is 3.36. The minimum atomic E-state index is 0. The maximum atomic E-state index is 3.28. The molecule has 0 radical (unpaired) electrons. The third-order valence-corrected chi connectivity index (χ3v) is 3.11. The smallest absolute Gasteiger partial charge is 0.229 e. The van der Waals surface area contributed by atoms with Crippen LogP contribution >= 0.6 is 11.3 Å². The van der Waals surface area contributed by atoms with Crippen molar-refractivity contribution in [3.05, 3.63) is 41.9 Å². The lowest BCUT2D eigenvalue weighted by atomic mass is 10.1. The van der Waals surface area contributed by atoms with Crippen LogP contribution in [0.1, 0.15) is 0 Å². The highest BCUT2D eigenvalue weighted by molar-refractivity contribution is 7.16. The van der Waals surface area contributed by atoms with Crippen molar-refractivity contribution in [3.8, 4) is 0 Å². The molecule has 0 bridgehead atoms. The molecule has 0 aliphatic heterocycles. The van der Waals surface area contributed by atoms with Crippen LogP contribution in [0.15, 0.2) is 41.9 Å². The van der Waals surface area contributed by atoms with E-state index in [0.717, 1.165) is 0 Å². The molecule has 0 atom stereocenters. The van der Waals surface area contributed by atoms with Gasteiger partial charge in [-0.1, -0.05) is 35.6 Å². The van der Waals surface area contributed by atoms with E-state index in [1.165, 1.54) is 21.0 Å². The van der Waals surface area contributed by atoms with Gasteiger partial charge in [-0.05, 0) is 17.5 Å². The van der Waals surface area contributed by atoms with Gasteiger partial charge in [-0.2, -0.15) is 0 Å². The summed E-state index contributed by atoms with van der Waals surface area (Å²) in [4.78, 5) is 3.28. The monoisotopic (exact) mass is 203 g/mol. The number of benzene rings is 2. The van der Waals surface area contributed by atoms with Crippen LogP contribution in [-0.2, 0) is 0 Å². The second-order valence-corrected chi connectivity index (χ2v) is 3.95. The van der Waals surface area contributed by atoms with Crippen LogP contribution < -0.4 is 4.98 Å². The zero-order valence-electron chi connectivity index (χ0n) is 7.40. The van der Waals surface area contributed by atoms with E-state index in [-0.39, 0.29) is 5.48 Å². The van der Waals surface area contributed by atoms with Gasteiger partial charge in [0.2, 0.25) is 11.0 Å². The van der Waals surface area contributed by atoms with Crippen molar-refractivity contribution in [2.75, 3.05) is 0 Å². The number of H-pyrrole nitrogens is 1. The molecule has 3 rings (SSSR count). The summed E-state index contributed by atoms with van der Waals surface area (Å²) in [5.41, 5.74) is 3.28. The van der Waals surface area contributed by atoms with E-state index in [1.54, 1.807) is 11.3 Å². The molecule has 3 aromatic rings. The van der Waals surface area contributed by atoms with E-state index >= 15 is 0 Å². The molecule has 2 aromatic carbocycles. The fraction of sp³-hybridized carbons (Fsp3) is 0. The third-order valence-electron chi connectivity index (χ3n) is 2.28. The van der Waals surface area contributed by atoms with Crippen LogP contribution in [0.25, 0.3) is 21.0 Å².